The average molecular weight is 389 g/mol. The monoisotopic (exact) mass is 388 g/mol. The van der Waals surface area contributed by atoms with Gasteiger partial charge in [-0.05, 0) is 45.1 Å². The van der Waals surface area contributed by atoms with Crippen molar-refractivity contribution in [3.8, 4) is 0 Å². The number of hydrogen-bond acceptors (Lipinski definition) is 6. The number of rotatable bonds is 7. The molecule has 3 rings (SSSR count). The zero-order chi connectivity index (χ0) is 20.0. The number of hydrogen-bond donors (Lipinski definition) is 5. The number of benzene rings is 1. The summed E-state index contributed by atoms with van der Waals surface area (Å²) in [5.74, 6) is -0.348. The molecule has 1 aromatic rings. The number of amides is 1. The Hall–Kier alpha value is -1.96. The van der Waals surface area contributed by atoms with Crippen molar-refractivity contribution >= 4 is 17.3 Å². The van der Waals surface area contributed by atoms with Crippen LogP contribution >= 0.6 is 0 Å². The largest absolute Gasteiger partial charge is 0.390 e. The Labute approximate surface area is 166 Å². The van der Waals surface area contributed by atoms with Gasteiger partial charge in [-0.1, -0.05) is 18.2 Å². The van der Waals surface area contributed by atoms with Gasteiger partial charge in [0.15, 0.2) is 0 Å². The van der Waals surface area contributed by atoms with Gasteiger partial charge in [0.25, 0.3) is 5.91 Å². The number of anilines is 1. The number of carbonyl (C=O) groups is 1. The molecular weight excluding hydrogens is 356 g/mol. The van der Waals surface area contributed by atoms with Crippen LogP contribution in [0, 0.1) is 5.41 Å². The highest BCUT2D eigenvalue weighted by Gasteiger charge is 2.34. The van der Waals surface area contributed by atoms with Crippen molar-refractivity contribution in [2.45, 2.75) is 56.7 Å². The molecule has 7 nitrogen and oxygen atoms in total. The Balaban J connectivity index is 1.49. The number of para-hydroxylation sites is 1. The van der Waals surface area contributed by atoms with Crippen molar-refractivity contribution in [1.82, 2.24) is 10.6 Å². The fourth-order valence-corrected chi connectivity index (χ4v) is 4.05. The molecular formula is C21H32N4O3. The van der Waals surface area contributed by atoms with Crippen LogP contribution in [0.5, 0.6) is 0 Å². The Morgan fingerprint density at radius 2 is 2.07 bits per heavy atom. The second-order valence-electron chi connectivity index (χ2n) is 7.84. The maximum atomic E-state index is 12.6. The Morgan fingerprint density at radius 1 is 1.32 bits per heavy atom. The number of ether oxygens (including phenoxy) is 1. The molecule has 2 fully saturated rings. The zero-order valence-electron chi connectivity index (χ0n) is 16.6. The molecule has 2 heterocycles. The van der Waals surface area contributed by atoms with E-state index in [1.165, 1.54) is 0 Å². The molecule has 7 heteroatoms. The summed E-state index contributed by atoms with van der Waals surface area (Å²) in [6, 6.07) is 7.67. The van der Waals surface area contributed by atoms with Gasteiger partial charge in [-0.2, -0.15) is 0 Å². The summed E-state index contributed by atoms with van der Waals surface area (Å²) < 4.78 is 5.34. The van der Waals surface area contributed by atoms with Crippen molar-refractivity contribution in [1.29, 1.82) is 5.41 Å². The third-order valence-corrected chi connectivity index (χ3v) is 5.69. The van der Waals surface area contributed by atoms with E-state index in [4.69, 9.17) is 10.1 Å². The Morgan fingerprint density at radius 3 is 2.75 bits per heavy atom. The van der Waals surface area contributed by atoms with Gasteiger partial charge in [0.1, 0.15) is 5.71 Å². The van der Waals surface area contributed by atoms with Crippen molar-refractivity contribution in [2.75, 3.05) is 31.6 Å². The number of aliphatic hydroxyl groups is 1. The summed E-state index contributed by atoms with van der Waals surface area (Å²) in [5, 5.41) is 28.6. The lowest BCUT2D eigenvalue weighted by Gasteiger charge is -2.38. The smallest absolute Gasteiger partial charge is 0.270 e. The molecule has 0 saturated carbocycles. The van der Waals surface area contributed by atoms with Crippen LogP contribution in [0.3, 0.4) is 0 Å². The van der Waals surface area contributed by atoms with E-state index in [0.29, 0.717) is 38.2 Å². The number of piperidine rings is 1. The van der Waals surface area contributed by atoms with Crippen LogP contribution in [-0.4, -0.2) is 60.7 Å². The molecule has 0 unspecified atom stereocenters. The second-order valence-corrected chi connectivity index (χ2v) is 7.84. The standard InChI is InChI=1S/C21H32N4O3/c1-2-23-18-6-4-3-5-17(18)19(22)20(26)25-16-8-7-15(24-14-16)13-21(27)9-11-28-12-10-21/h3-6,15-16,22-24,27H,2,7-14H2,1H3,(H,25,26)/t15-,16-/m0/s1. The first-order valence-corrected chi connectivity index (χ1v) is 10.3. The molecule has 1 amide bonds. The van der Waals surface area contributed by atoms with Crippen LogP contribution in [0.4, 0.5) is 5.69 Å². The summed E-state index contributed by atoms with van der Waals surface area (Å²) in [7, 11) is 0. The van der Waals surface area contributed by atoms with Crippen molar-refractivity contribution in [3.05, 3.63) is 29.8 Å². The first kappa shape index (κ1) is 20.8. The quantitative estimate of drug-likeness (QED) is 0.457. The third-order valence-electron chi connectivity index (χ3n) is 5.69. The fourth-order valence-electron chi connectivity index (χ4n) is 4.05. The molecule has 0 spiro atoms. The van der Waals surface area contributed by atoms with E-state index in [1.54, 1.807) is 6.07 Å². The van der Waals surface area contributed by atoms with Gasteiger partial charge in [0.2, 0.25) is 0 Å². The second kappa shape index (κ2) is 9.49. The van der Waals surface area contributed by atoms with Gasteiger partial charge in [0, 0.05) is 49.6 Å². The third kappa shape index (κ3) is 5.31. The van der Waals surface area contributed by atoms with Crippen molar-refractivity contribution in [2.24, 2.45) is 0 Å². The molecule has 2 saturated heterocycles. The van der Waals surface area contributed by atoms with Crippen molar-refractivity contribution in [3.63, 3.8) is 0 Å². The summed E-state index contributed by atoms with van der Waals surface area (Å²) in [6.45, 7) is 4.63. The lowest BCUT2D eigenvalue weighted by molar-refractivity contribution is -0.115. The number of nitrogens with one attached hydrogen (secondary N) is 4. The Kier molecular flexibility index (Phi) is 7.04. The molecule has 2 atom stereocenters. The van der Waals surface area contributed by atoms with Gasteiger partial charge in [-0.15, -0.1) is 0 Å². The summed E-state index contributed by atoms with van der Waals surface area (Å²) in [6.07, 6.45) is 3.85. The van der Waals surface area contributed by atoms with E-state index in [2.05, 4.69) is 16.0 Å². The topological polar surface area (TPSA) is 106 Å². The first-order chi connectivity index (χ1) is 13.5. The predicted molar refractivity (Wildman–Crippen MR) is 110 cm³/mol. The van der Waals surface area contributed by atoms with Crippen LogP contribution in [-0.2, 0) is 9.53 Å². The minimum atomic E-state index is -0.635. The summed E-state index contributed by atoms with van der Waals surface area (Å²) in [5.41, 5.74) is 0.765. The van der Waals surface area contributed by atoms with Crippen molar-refractivity contribution < 1.29 is 14.6 Å². The van der Waals surface area contributed by atoms with E-state index < -0.39 is 5.60 Å². The number of carbonyl (C=O) groups excluding carboxylic acids is 1. The minimum absolute atomic E-state index is 0.000251. The lowest BCUT2D eigenvalue weighted by atomic mass is 9.84. The van der Waals surface area contributed by atoms with Gasteiger partial charge < -0.3 is 25.8 Å². The predicted octanol–water partition coefficient (Wildman–Crippen LogP) is 1.65. The molecule has 0 radical (unpaired) electrons. The van der Waals surface area contributed by atoms with Gasteiger partial charge in [0.05, 0.1) is 5.60 Å². The molecule has 5 N–H and O–H groups in total. The highest BCUT2D eigenvalue weighted by atomic mass is 16.5. The average Bonchev–Trinajstić information content (AvgIpc) is 2.70. The van der Waals surface area contributed by atoms with Gasteiger partial charge >= 0.3 is 0 Å². The SMILES string of the molecule is CCNc1ccccc1C(=N)C(=O)N[C@H]1CC[C@@H](CC2(O)CCOCC2)NC1. The van der Waals surface area contributed by atoms with Gasteiger partial charge in [-0.3, -0.25) is 10.2 Å². The van der Waals surface area contributed by atoms with Crippen LogP contribution in [0.2, 0.25) is 0 Å². The van der Waals surface area contributed by atoms with E-state index in [1.807, 2.05) is 25.1 Å². The first-order valence-electron chi connectivity index (χ1n) is 10.3. The molecule has 154 valence electrons. The van der Waals surface area contributed by atoms with E-state index >= 15 is 0 Å². The highest BCUT2D eigenvalue weighted by molar-refractivity contribution is 6.45. The molecule has 0 aliphatic carbocycles. The molecule has 28 heavy (non-hydrogen) atoms. The summed E-state index contributed by atoms with van der Waals surface area (Å²) in [4.78, 5) is 12.6. The van der Waals surface area contributed by atoms with Crippen LogP contribution in [0.25, 0.3) is 0 Å². The molecule has 2 aliphatic heterocycles. The van der Waals surface area contributed by atoms with Crippen LogP contribution in [0.15, 0.2) is 24.3 Å². The maximum Gasteiger partial charge on any atom is 0.270 e. The molecule has 0 bridgehead atoms. The maximum absolute atomic E-state index is 12.6. The van der Waals surface area contributed by atoms with E-state index in [-0.39, 0.29) is 23.7 Å². The Bertz CT molecular complexity index is 680. The van der Waals surface area contributed by atoms with E-state index in [0.717, 1.165) is 31.5 Å². The molecule has 2 aliphatic rings. The molecule has 1 aromatic carbocycles. The normalized spacial score (nSPS) is 24.4. The van der Waals surface area contributed by atoms with Gasteiger partial charge in [-0.25, -0.2) is 0 Å². The van der Waals surface area contributed by atoms with E-state index in [9.17, 15) is 9.90 Å². The van der Waals surface area contributed by atoms with Crippen LogP contribution < -0.4 is 16.0 Å². The highest BCUT2D eigenvalue weighted by Crippen LogP contribution is 2.28. The van der Waals surface area contributed by atoms with Crippen LogP contribution in [0.1, 0.15) is 44.6 Å². The summed E-state index contributed by atoms with van der Waals surface area (Å²) >= 11 is 0. The fraction of sp³-hybridized carbons (Fsp3) is 0.619. The minimum Gasteiger partial charge on any atom is -0.390 e. The molecule has 0 aromatic heterocycles. The lowest BCUT2D eigenvalue weighted by Crippen LogP contribution is -2.53. The zero-order valence-corrected chi connectivity index (χ0v) is 16.6.